The monoisotopic (exact) mass is 183 g/mol. The van der Waals surface area contributed by atoms with E-state index in [1.165, 1.54) is 0 Å². The molecule has 0 unspecified atom stereocenters. The molecular formula is C8H10ClN3. The summed E-state index contributed by atoms with van der Waals surface area (Å²) in [6.45, 7) is 2.07. The number of aryl methyl sites for hydroxylation is 1. The van der Waals surface area contributed by atoms with Crippen LogP contribution in [0.3, 0.4) is 0 Å². The summed E-state index contributed by atoms with van der Waals surface area (Å²) in [6.07, 6.45) is 2.20. The average molecular weight is 184 g/mol. The van der Waals surface area contributed by atoms with E-state index in [1.807, 2.05) is 6.07 Å². The van der Waals surface area contributed by atoms with Crippen LogP contribution < -0.4 is 0 Å². The maximum atomic E-state index is 8.43. The molecule has 1 N–H and O–H groups in total. The van der Waals surface area contributed by atoms with Gasteiger partial charge in [0.1, 0.15) is 5.82 Å². The Morgan fingerprint density at radius 2 is 2.42 bits per heavy atom. The zero-order valence-corrected chi connectivity index (χ0v) is 7.65. The molecule has 0 saturated carbocycles. The van der Waals surface area contributed by atoms with Crippen LogP contribution in [0.2, 0.25) is 5.15 Å². The number of nitrogens with zero attached hydrogens (tertiary/aromatic N) is 2. The molecule has 1 heterocycles. The maximum absolute atomic E-state index is 8.43. The molecule has 0 aliphatic carbocycles. The molecule has 12 heavy (non-hydrogen) atoms. The lowest BCUT2D eigenvalue weighted by molar-refractivity contribution is 0.852. The predicted octanol–water partition coefficient (Wildman–Crippen LogP) is 2.08. The Balaban J connectivity index is 2.79. The van der Waals surface area contributed by atoms with E-state index in [0.717, 1.165) is 24.4 Å². The van der Waals surface area contributed by atoms with Gasteiger partial charge >= 0.3 is 0 Å². The molecule has 0 aliphatic rings. The molecule has 0 bridgehead atoms. The molecule has 1 rings (SSSR count). The standard InChI is InChI=1S/C8H10ClN3/c1-2-3-7-11-6(4-5-10)8(9)12-7/h2-4H2,1H3,(H,11,12). The molecule has 1 aromatic heterocycles. The first kappa shape index (κ1) is 9.08. The van der Waals surface area contributed by atoms with Crippen LogP contribution >= 0.6 is 11.6 Å². The zero-order valence-electron chi connectivity index (χ0n) is 6.89. The SMILES string of the molecule is CCCc1nc(Cl)c(CC#N)[nH]1. The lowest BCUT2D eigenvalue weighted by Crippen LogP contribution is -1.86. The Kier molecular flexibility index (Phi) is 3.12. The van der Waals surface area contributed by atoms with Crippen LogP contribution in [-0.4, -0.2) is 9.97 Å². The zero-order chi connectivity index (χ0) is 8.97. The first-order chi connectivity index (χ1) is 5.77. The highest BCUT2D eigenvalue weighted by Gasteiger charge is 2.05. The highest BCUT2D eigenvalue weighted by molar-refractivity contribution is 6.30. The van der Waals surface area contributed by atoms with Crippen molar-refractivity contribution in [2.24, 2.45) is 0 Å². The third-order valence-electron chi connectivity index (χ3n) is 1.52. The number of rotatable bonds is 3. The topological polar surface area (TPSA) is 52.5 Å². The summed E-state index contributed by atoms with van der Waals surface area (Å²) >= 11 is 5.77. The lowest BCUT2D eigenvalue weighted by Gasteiger charge is -1.88. The second-order valence-electron chi connectivity index (χ2n) is 2.54. The van der Waals surface area contributed by atoms with Gasteiger partial charge in [0.15, 0.2) is 5.15 Å². The number of hydrogen-bond donors (Lipinski definition) is 1. The summed E-state index contributed by atoms with van der Waals surface area (Å²) in [4.78, 5) is 7.10. The molecular weight excluding hydrogens is 174 g/mol. The lowest BCUT2D eigenvalue weighted by atomic mass is 10.3. The van der Waals surface area contributed by atoms with Gasteiger partial charge in [-0.2, -0.15) is 5.26 Å². The van der Waals surface area contributed by atoms with Crippen molar-refractivity contribution >= 4 is 11.6 Å². The molecule has 0 saturated heterocycles. The minimum absolute atomic E-state index is 0.301. The van der Waals surface area contributed by atoms with Crippen LogP contribution in [0.25, 0.3) is 0 Å². The van der Waals surface area contributed by atoms with Gasteiger partial charge in [0, 0.05) is 6.42 Å². The van der Waals surface area contributed by atoms with E-state index in [1.54, 1.807) is 0 Å². The average Bonchev–Trinajstić information content (AvgIpc) is 2.34. The number of nitrogens with one attached hydrogen (secondary N) is 1. The van der Waals surface area contributed by atoms with Crippen LogP contribution in [0.1, 0.15) is 24.9 Å². The highest BCUT2D eigenvalue weighted by atomic mass is 35.5. The van der Waals surface area contributed by atoms with Gasteiger partial charge in [-0.05, 0) is 6.42 Å². The molecule has 4 heteroatoms. The minimum atomic E-state index is 0.301. The summed E-state index contributed by atoms with van der Waals surface area (Å²) in [5, 5.41) is 8.86. The number of aromatic nitrogens is 2. The second-order valence-corrected chi connectivity index (χ2v) is 2.90. The summed E-state index contributed by atoms with van der Waals surface area (Å²) in [5.41, 5.74) is 0.725. The number of hydrogen-bond acceptors (Lipinski definition) is 2. The quantitative estimate of drug-likeness (QED) is 0.780. The van der Waals surface area contributed by atoms with Gasteiger partial charge in [0.05, 0.1) is 18.2 Å². The number of halogens is 1. The second kappa shape index (κ2) is 4.13. The fourth-order valence-electron chi connectivity index (χ4n) is 0.991. The van der Waals surface area contributed by atoms with Crippen molar-refractivity contribution in [3.05, 3.63) is 16.7 Å². The molecule has 64 valence electrons. The Morgan fingerprint density at radius 1 is 1.67 bits per heavy atom. The van der Waals surface area contributed by atoms with Crippen molar-refractivity contribution in [2.75, 3.05) is 0 Å². The fraction of sp³-hybridized carbons (Fsp3) is 0.500. The molecule has 0 radical (unpaired) electrons. The molecule has 1 aromatic rings. The number of H-pyrrole nitrogens is 1. The molecule has 0 aliphatic heterocycles. The number of imidazole rings is 1. The molecule has 0 amide bonds. The van der Waals surface area contributed by atoms with Crippen molar-refractivity contribution in [1.82, 2.24) is 9.97 Å². The Bertz CT molecular complexity index is 298. The summed E-state index contributed by atoms with van der Waals surface area (Å²) in [6, 6.07) is 2.02. The van der Waals surface area contributed by atoms with Crippen LogP contribution in [0, 0.1) is 11.3 Å². The van der Waals surface area contributed by atoms with Crippen LogP contribution in [-0.2, 0) is 12.8 Å². The smallest absolute Gasteiger partial charge is 0.151 e. The molecule has 0 spiro atoms. The third kappa shape index (κ3) is 1.99. The first-order valence-corrected chi connectivity index (χ1v) is 4.26. The van der Waals surface area contributed by atoms with Crippen molar-refractivity contribution < 1.29 is 0 Å². The van der Waals surface area contributed by atoms with Crippen molar-refractivity contribution in [1.29, 1.82) is 5.26 Å². The molecule has 3 nitrogen and oxygen atoms in total. The summed E-state index contributed by atoms with van der Waals surface area (Å²) in [7, 11) is 0. The van der Waals surface area contributed by atoms with Gasteiger partial charge in [-0.1, -0.05) is 18.5 Å². The van der Waals surface area contributed by atoms with Crippen LogP contribution in [0.4, 0.5) is 0 Å². The summed E-state index contributed by atoms with van der Waals surface area (Å²) < 4.78 is 0. The highest BCUT2D eigenvalue weighted by Crippen LogP contribution is 2.13. The Labute approximate surface area is 76.4 Å². The molecule has 0 aromatic carbocycles. The van der Waals surface area contributed by atoms with Crippen molar-refractivity contribution in [2.45, 2.75) is 26.2 Å². The maximum Gasteiger partial charge on any atom is 0.151 e. The molecule has 0 atom stereocenters. The van der Waals surface area contributed by atoms with Gasteiger partial charge in [0.25, 0.3) is 0 Å². The van der Waals surface area contributed by atoms with E-state index in [0.29, 0.717) is 11.6 Å². The van der Waals surface area contributed by atoms with Gasteiger partial charge in [0.2, 0.25) is 0 Å². The van der Waals surface area contributed by atoms with E-state index >= 15 is 0 Å². The normalized spacial score (nSPS) is 9.75. The van der Waals surface area contributed by atoms with Gasteiger partial charge < -0.3 is 4.98 Å². The largest absolute Gasteiger partial charge is 0.344 e. The van der Waals surface area contributed by atoms with Gasteiger partial charge in [-0.3, -0.25) is 0 Å². The van der Waals surface area contributed by atoms with E-state index < -0.39 is 0 Å². The first-order valence-electron chi connectivity index (χ1n) is 3.88. The van der Waals surface area contributed by atoms with E-state index in [4.69, 9.17) is 16.9 Å². The Hall–Kier alpha value is -1.01. The van der Waals surface area contributed by atoms with Gasteiger partial charge in [-0.15, -0.1) is 0 Å². The van der Waals surface area contributed by atoms with E-state index in [-0.39, 0.29) is 0 Å². The third-order valence-corrected chi connectivity index (χ3v) is 1.83. The molecule has 0 fully saturated rings. The number of nitriles is 1. The van der Waals surface area contributed by atoms with Crippen molar-refractivity contribution in [3.63, 3.8) is 0 Å². The van der Waals surface area contributed by atoms with Crippen LogP contribution in [0.15, 0.2) is 0 Å². The van der Waals surface area contributed by atoms with Crippen molar-refractivity contribution in [3.8, 4) is 6.07 Å². The van der Waals surface area contributed by atoms with E-state index in [9.17, 15) is 0 Å². The summed E-state index contributed by atoms with van der Waals surface area (Å²) in [5.74, 6) is 0.868. The Morgan fingerprint density at radius 3 is 3.00 bits per heavy atom. The van der Waals surface area contributed by atoms with E-state index in [2.05, 4.69) is 16.9 Å². The fourth-order valence-corrected chi connectivity index (χ4v) is 1.21. The number of aromatic amines is 1. The van der Waals surface area contributed by atoms with Crippen LogP contribution in [0.5, 0.6) is 0 Å². The minimum Gasteiger partial charge on any atom is -0.344 e. The van der Waals surface area contributed by atoms with Gasteiger partial charge in [-0.25, -0.2) is 4.98 Å². The predicted molar refractivity (Wildman–Crippen MR) is 46.9 cm³/mol.